The van der Waals surface area contributed by atoms with Gasteiger partial charge in [0.2, 0.25) is 0 Å². The molecule has 2 aromatic carbocycles. The average Bonchev–Trinajstić information content (AvgIpc) is 2.62. The molecule has 134 valence electrons. The van der Waals surface area contributed by atoms with Crippen LogP contribution in [0.3, 0.4) is 0 Å². The second kappa shape index (κ2) is 10.5. The van der Waals surface area contributed by atoms with E-state index in [-0.39, 0.29) is 0 Å². The fourth-order valence-electron chi connectivity index (χ4n) is 2.75. The van der Waals surface area contributed by atoms with Crippen molar-refractivity contribution in [1.82, 2.24) is 15.5 Å². The summed E-state index contributed by atoms with van der Waals surface area (Å²) in [5, 5.41) is 6.78. The summed E-state index contributed by atoms with van der Waals surface area (Å²) in [6, 6.07) is 19.3. The Kier molecular flexibility index (Phi) is 7.99. The molecule has 0 amide bonds. The first-order chi connectivity index (χ1) is 12.2. The van der Waals surface area contributed by atoms with Crippen molar-refractivity contribution < 1.29 is 0 Å². The third kappa shape index (κ3) is 7.40. The van der Waals surface area contributed by atoms with Gasteiger partial charge in [-0.2, -0.15) is 0 Å². The highest BCUT2D eigenvalue weighted by molar-refractivity contribution is 5.79. The number of benzene rings is 2. The van der Waals surface area contributed by atoms with Crippen molar-refractivity contribution in [2.75, 3.05) is 27.7 Å². The summed E-state index contributed by atoms with van der Waals surface area (Å²) in [5.74, 6) is 0.853. The third-order valence-corrected chi connectivity index (χ3v) is 3.95. The van der Waals surface area contributed by atoms with Crippen LogP contribution < -0.4 is 10.6 Å². The van der Waals surface area contributed by atoms with Gasteiger partial charge in [-0.15, -0.1) is 0 Å². The van der Waals surface area contributed by atoms with Crippen molar-refractivity contribution in [2.24, 2.45) is 4.99 Å². The van der Waals surface area contributed by atoms with Crippen LogP contribution in [0.5, 0.6) is 0 Å². The maximum atomic E-state index is 4.30. The maximum Gasteiger partial charge on any atom is 0.191 e. The Bertz CT molecular complexity index is 650. The van der Waals surface area contributed by atoms with Gasteiger partial charge in [0.25, 0.3) is 0 Å². The molecule has 0 radical (unpaired) electrons. The Morgan fingerprint density at radius 1 is 0.920 bits per heavy atom. The smallest absolute Gasteiger partial charge is 0.191 e. The molecule has 0 bridgehead atoms. The van der Waals surface area contributed by atoms with E-state index in [2.05, 4.69) is 89.2 Å². The van der Waals surface area contributed by atoms with Gasteiger partial charge in [-0.25, -0.2) is 0 Å². The minimum absolute atomic E-state index is 0.777. The Morgan fingerprint density at radius 3 is 2.36 bits per heavy atom. The number of hydrogen-bond donors (Lipinski definition) is 2. The third-order valence-electron chi connectivity index (χ3n) is 3.95. The first-order valence-electron chi connectivity index (χ1n) is 8.88. The normalized spacial score (nSPS) is 11.6. The van der Waals surface area contributed by atoms with E-state index in [0.717, 1.165) is 38.4 Å². The molecule has 0 saturated heterocycles. The lowest BCUT2D eigenvalue weighted by atomic mass is 10.1. The molecule has 4 heteroatoms. The lowest BCUT2D eigenvalue weighted by molar-refractivity contribution is 0.402. The number of aliphatic imine (C=N–C) groups is 1. The summed E-state index contributed by atoms with van der Waals surface area (Å²) in [4.78, 5) is 6.49. The van der Waals surface area contributed by atoms with Gasteiger partial charge in [0.05, 0.1) is 0 Å². The van der Waals surface area contributed by atoms with Crippen LogP contribution in [-0.4, -0.2) is 38.5 Å². The topological polar surface area (TPSA) is 39.7 Å². The second-order valence-corrected chi connectivity index (χ2v) is 6.50. The number of aryl methyl sites for hydroxylation is 1. The van der Waals surface area contributed by atoms with Crippen LogP contribution in [0.15, 0.2) is 59.6 Å². The molecule has 0 unspecified atom stereocenters. The second-order valence-electron chi connectivity index (χ2n) is 6.50. The van der Waals surface area contributed by atoms with Crippen molar-refractivity contribution in [2.45, 2.75) is 25.9 Å². The molecule has 0 aliphatic heterocycles. The van der Waals surface area contributed by atoms with E-state index >= 15 is 0 Å². The van der Waals surface area contributed by atoms with Crippen LogP contribution in [0.25, 0.3) is 0 Å². The van der Waals surface area contributed by atoms with Crippen LogP contribution in [0.1, 0.15) is 23.1 Å². The molecule has 0 saturated carbocycles. The zero-order chi connectivity index (χ0) is 17.9. The molecular weight excluding hydrogens is 308 g/mol. The molecule has 2 N–H and O–H groups in total. The average molecular weight is 338 g/mol. The predicted octanol–water partition coefficient (Wildman–Crippen LogP) is 3.05. The van der Waals surface area contributed by atoms with Gasteiger partial charge in [-0.05, 0) is 43.6 Å². The zero-order valence-electron chi connectivity index (χ0n) is 15.6. The van der Waals surface area contributed by atoms with Crippen molar-refractivity contribution in [3.63, 3.8) is 0 Å². The van der Waals surface area contributed by atoms with E-state index in [1.165, 1.54) is 16.7 Å². The number of hydrogen-bond acceptors (Lipinski definition) is 2. The fourth-order valence-corrected chi connectivity index (χ4v) is 2.75. The highest BCUT2D eigenvalue weighted by Gasteiger charge is 2.01. The van der Waals surface area contributed by atoms with Gasteiger partial charge in [0.1, 0.15) is 0 Å². The molecule has 0 atom stereocenters. The van der Waals surface area contributed by atoms with Gasteiger partial charge in [-0.1, -0.05) is 54.6 Å². The largest absolute Gasteiger partial charge is 0.356 e. The molecule has 2 rings (SSSR count). The van der Waals surface area contributed by atoms with Crippen molar-refractivity contribution in [3.8, 4) is 0 Å². The highest BCUT2D eigenvalue weighted by atomic mass is 15.2. The van der Waals surface area contributed by atoms with Crippen LogP contribution in [0.2, 0.25) is 0 Å². The van der Waals surface area contributed by atoms with Gasteiger partial charge >= 0.3 is 0 Å². The minimum atomic E-state index is 0.777. The summed E-state index contributed by atoms with van der Waals surface area (Å²) < 4.78 is 0. The number of nitrogens with one attached hydrogen (secondary N) is 2. The monoisotopic (exact) mass is 338 g/mol. The quantitative estimate of drug-likeness (QED) is 0.441. The van der Waals surface area contributed by atoms with E-state index in [0.29, 0.717) is 0 Å². The molecule has 0 aromatic heterocycles. The van der Waals surface area contributed by atoms with Crippen molar-refractivity contribution >= 4 is 5.96 Å². The van der Waals surface area contributed by atoms with Crippen LogP contribution >= 0.6 is 0 Å². The fraction of sp³-hybridized carbons (Fsp3) is 0.381. The SMILES string of the molecule is CN=C(NCCCc1ccccc1)NCc1cccc(CN(C)C)c1. The van der Waals surface area contributed by atoms with Crippen molar-refractivity contribution in [3.05, 3.63) is 71.3 Å². The molecular formula is C21H30N4. The Morgan fingerprint density at radius 2 is 1.64 bits per heavy atom. The molecule has 2 aromatic rings. The van der Waals surface area contributed by atoms with Crippen LogP contribution in [0.4, 0.5) is 0 Å². The van der Waals surface area contributed by atoms with E-state index in [4.69, 9.17) is 0 Å². The number of nitrogens with zero attached hydrogens (tertiary/aromatic N) is 2. The van der Waals surface area contributed by atoms with Crippen molar-refractivity contribution in [1.29, 1.82) is 0 Å². The maximum absolute atomic E-state index is 4.30. The van der Waals surface area contributed by atoms with Crippen LogP contribution in [-0.2, 0) is 19.5 Å². The summed E-state index contributed by atoms with van der Waals surface area (Å²) in [6.45, 7) is 2.65. The molecule has 0 aliphatic rings. The lowest BCUT2D eigenvalue weighted by Crippen LogP contribution is -2.37. The highest BCUT2D eigenvalue weighted by Crippen LogP contribution is 2.07. The van der Waals surface area contributed by atoms with E-state index in [9.17, 15) is 0 Å². The van der Waals surface area contributed by atoms with Gasteiger partial charge in [0, 0.05) is 26.7 Å². The Labute approximate surface area is 152 Å². The Balaban J connectivity index is 1.73. The molecule has 0 heterocycles. The minimum Gasteiger partial charge on any atom is -0.356 e. The molecule has 25 heavy (non-hydrogen) atoms. The lowest BCUT2D eigenvalue weighted by Gasteiger charge is -2.14. The summed E-state index contributed by atoms with van der Waals surface area (Å²) >= 11 is 0. The first-order valence-corrected chi connectivity index (χ1v) is 8.88. The number of rotatable bonds is 8. The van der Waals surface area contributed by atoms with E-state index in [1.807, 2.05) is 7.05 Å². The number of guanidine groups is 1. The van der Waals surface area contributed by atoms with Gasteiger partial charge < -0.3 is 15.5 Å². The standard InChI is InChI=1S/C21H30N4/c1-22-21(23-14-8-13-18-9-5-4-6-10-18)24-16-19-11-7-12-20(15-19)17-25(2)3/h4-7,9-12,15H,8,13-14,16-17H2,1-3H3,(H2,22,23,24). The summed E-state index contributed by atoms with van der Waals surface area (Å²) in [7, 11) is 5.99. The van der Waals surface area contributed by atoms with Crippen LogP contribution in [0, 0.1) is 0 Å². The summed E-state index contributed by atoms with van der Waals surface area (Å²) in [6.07, 6.45) is 2.17. The Hall–Kier alpha value is -2.33. The van der Waals surface area contributed by atoms with Gasteiger partial charge in [-0.3, -0.25) is 4.99 Å². The zero-order valence-corrected chi connectivity index (χ0v) is 15.6. The molecule has 0 fully saturated rings. The van der Waals surface area contributed by atoms with E-state index < -0.39 is 0 Å². The molecule has 4 nitrogen and oxygen atoms in total. The van der Waals surface area contributed by atoms with Gasteiger partial charge in [0.15, 0.2) is 5.96 Å². The molecule has 0 aliphatic carbocycles. The molecule has 0 spiro atoms. The summed E-state index contributed by atoms with van der Waals surface area (Å²) in [5.41, 5.74) is 3.98. The van der Waals surface area contributed by atoms with E-state index in [1.54, 1.807) is 0 Å². The predicted molar refractivity (Wildman–Crippen MR) is 107 cm³/mol. The first kappa shape index (κ1) is 19.0.